The number of rotatable bonds is 7. The van der Waals surface area contributed by atoms with Gasteiger partial charge in [-0.1, -0.05) is 53.2 Å². The van der Waals surface area contributed by atoms with Gasteiger partial charge >= 0.3 is 0 Å². The monoisotopic (exact) mass is 483 g/mol. The first kappa shape index (κ1) is 22.8. The van der Waals surface area contributed by atoms with E-state index in [0.717, 1.165) is 40.4 Å². The second-order valence-electron chi connectivity index (χ2n) is 7.35. The summed E-state index contributed by atoms with van der Waals surface area (Å²) in [5.41, 5.74) is 3.53. The third-order valence-electron chi connectivity index (χ3n) is 5.39. The van der Waals surface area contributed by atoms with Gasteiger partial charge in [-0.25, -0.2) is 0 Å². The molecule has 0 aliphatic carbocycles. The van der Waals surface area contributed by atoms with E-state index in [1.165, 1.54) is 11.8 Å². The van der Waals surface area contributed by atoms with Crippen molar-refractivity contribution < 1.29 is 9.53 Å². The zero-order valence-corrected chi connectivity index (χ0v) is 20.2. The highest BCUT2D eigenvalue weighted by atomic mass is 35.5. The summed E-state index contributed by atoms with van der Waals surface area (Å²) in [7, 11) is 0. The number of ketones is 1. The fourth-order valence-corrected chi connectivity index (χ4v) is 5.13. The van der Waals surface area contributed by atoms with Crippen molar-refractivity contribution in [2.45, 2.75) is 25.3 Å². The molecule has 1 aliphatic heterocycles. The molecule has 0 N–H and O–H groups in total. The Morgan fingerprint density at radius 1 is 1.00 bits per heavy atom. The Labute approximate surface area is 203 Å². The first-order valence-corrected chi connectivity index (χ1v) is 12.1. The number of ether oxygens (including phenoxy) is 1. The van der Waals surface area contributed by atoms with Crippen molar-refractivity contribution >= 4 is 52.5 Å². The highest BCUT2D eigenvalue weighted by molar-refractivity contribution is 8.04. The molecular formula is C26H23Cl2NO2S. The van der Waals surface area contributed by atoms with Gasteiger partial charge in [0.15, 0.2) is 0 Å². The van der Waals surface area contributed by atoms with Gasteiger partial charge < -0.3 is 9.64 Å². The molecule has 3 nitrogen and oxygen atoms in total. The minimum atomic E-state index is 0.0464. The summed E-state index contributed by atoms with van der Waals surface area (Å²) in [6.07, 6.45) is 1.91. The maximum atomic E-state index is 12.9. The number of carbonyl (C=O) groups excluding carboxylic acids is 1. The smallest absolute Gasteiger partial charge is 0.200 e. The van der Waals surface area contributed by atoms with E-state index < -0.39 is 0 Å². The van der Waals surface area contributed by atoms with Crippen molar-refractivity contribution in [2.24, 2.45) is 0 Å². The van der Waals surface area contributed by atoms with Crippen LogP contribution in [0.15, 0.2) is 70.5 Å². The zero-order valence-electron chi connectivity index (χ0n) is 17.9. The number of thioether (sulfide) groups is 1. The summed E-state index contributed by atoms with van der Waals surface area (Å²) in [6.45, 7) is 6.33. The highest BCUT2D eigenvalue weighted by Gasteiger charge is 2.25. The molecule has 6 heteroatoms. The van der Waals surface area contributed by atoms with Crippen molar-refractivity contribution in [3.8, 4) is 5.75 Å². The Morgan fingerprint density at radius 3 is 2.50 bits per heavy atom. The number of carbonyl (C=O) groups is 1. The molecule has 0 spiro atoms. The van der Waals surface area contributed by atoms with Crippen molar-refractivity contribution in [1.29, 1.82) is 0 Å². The average molecular weight is 484 g/mol. The summed E-state index contributed by atoms with van der Waals surface area (Å²) in [5, 5.41) is 1.15. The molecule has 0 aromatic heterocycles. The van der Waals surface area contributed by atoms with Crippen LogP contribution < -0.4 is 9.64 Å². The first-order valence-electron chi connectivity index (χ1n) is 10.5. The summed E-state index contributed by atoms with van der Waals surface area (Å²) in [4.78, 5) is 16.8. The van der Waals surface area contributed by atoms with Crippen LogP contribution in [0, 0.1) is 0 Å². The molecule has 0 bridgehead atoms. The second kappa shape index (κ2) is 10.0. The van der Waals surface area contributed by atoms with Gasteiger partial charge in [0.25, 0.3) is 0 Å². The number of hydrogen-bond donors (Lipinski definition) is 0. The van der Waals surface area contributed by atoms with Gasteiger partial charge in [-0.15, -0.1) is 0 Å². The van der Waals surface area contributed by atoms with E-state index in [1.54, 1.807) is 12.1 Å². The van der Waals surface area contributed by atoms with E-state index in [0.29, 0.717) is 27.3 Å². The van der Waals surface area contributed by atoms with Crippen LogP contribution in [0.2, 0.25) is 10.0 Å². The Balaban J connectivity index is 1.68. The molecule has 0 radical (unpaired) electrons. The Bertz CT molecular complexity index is 1190. The van der Waals surface area contributed by atoms with Gasteiger partial charge in [-0.3, -0.25) is 4.79 Å². The molecule has 0 unspecified atom stereocenters. The van der Waals surface area contributed by atoms with Gasteiger partial charge in [0.2, 0.25) is 5.78 Å². The van der Waals surface area contributed by atoms with E-state index in [4.69, 9.17) is 27.9 Å². The Kier molecular flexibility index (Phi) is 7.14. The summed E-state index contributed by atoms with van der Waals surface area (Å²) in [6, 6.07) is 19.2. The fourth-order valence-electron chi connectivity index (χ4n) is 3.62. The van der Waals surface area contributed by atoms with Crippen LogP contribution in [0.25, 0.3) is 6.08 Å². The van der Waals surface area contributed by atoms with Crippen LogP contribution in [0.3, 0.4) is 0 Å². The summed E-state index contributed by atoms with van der Waals surface area (Å²) in [5.74, 6) is 0.752. The fraction of sp³-hybridized carbons (Fsp3) is 0.192. The number of fused-ring (bicyclic) bond motifs is 1. The molecule has 0 saturated carbocycles. The van der Waals surface area contributed by atoms with E-state index in [-0.39, 0.29) is 5.78 Å². The van der Waals surface area contributed by atoms with E-state index in [2.05, 4.69) is 24.8 Å². The summed E-state index contributed by atoms with van der Waals surface area (Å²) < 4.78 is 6.23. The molecule has 32 heavy (non-hydrogen) atoms. The van der Waals surface area contributed by atoms with Crippen LogP contribution in [0.4, 0.5) is 5.69 Å². The number of Topliss-reactive ketones (excluding diaryl/α,β-unsaturated/α-hetero) is 1. The van der Waals surface area contributed by atoms with E-state index >= 15 is 0 Å². The van der Waals surface area contributed by atoms with Gasteiger partial charge in [0.05, 0.1) is 4.91 Å². The van der Waals surface area contributed by atoms with Gasteiger partial charge in [-0.05, 0) is 56.3 Å². The van der Waals surface area contributed by atoms with Gasteiger partial charge in [0.1, 0.15) is 12.4 Å². The largest absolute Gasteiger partial charge is 0.488 e. The molecular weight excluding hydrogens is 461 g/mol. The number of nitrogens with zero attached hydrogens (tertiary/aromatic N) is 1. The van der Waals surface area contributed by atoms with E-state index in [9.17, 15) is 4.79 Å². The van der Waals surface area contributed by atoms with Crippen molar-refractivity contribution in [2.75, 3.05) is 18.0 Å². The molecule has 0 amide bonds. The molecule has 164 valence electrons. The third-order valence-corrected chi connectivity index (χ3v) is 7.07. The first-order chi connectivity index (χ1) is 15.5. The predicted molar refractivity (Wildman–Crippen MR) is 135 cm³/mol. The number of halogens is 2. The van der Waals surface area contributed by atoms with Gasteiger partial charge in [-0.2, -0.15) is 0 Å². The molecule has 1 aliphatic rings. The quantitative estimate of drug-likeness (QED) is 0.321. The molecule has 0 fully saturated rings. The lowest BCUT2D eigenvalue weighted by Gasteiger charge is -2.22. The molecule has 3 aromatic carbocycles. The molecule has 3 aromatic rings. The van der Waals surface area contributed by atoms with Crippen LogP contribution in [-0.2, 0) is 6.61 Å². The predicted octanol–water partition coefficient (Wildman–Crippen LogP) is 7.75. The maximum Gasteiger partial charge on any atom is 0.200 e. The lowest BCUT2D eigenvalue weighted by molar-refractivity contribution is 0.104. The second-order valence-corrected chi connectivity index (χ2v) is 9.28. The van der Waals surface area contributed by atoms with Crippen LogP contribution in [-0.4, -0.2) is 18.9 Å². The van der Waals surface area contributed by atoms with Crippen LogP contribution >= 0.6 is 35.0 Å². The molecule has 0 atom stereocenters. The van der Waals surface area contributed by atoms with Gasteiger partial charge in [0, 0.05) is 56.5 Å². The number of anilines is 1. The molecule has 1 heterocycles. The molecule has 4 rings (SSSR count). The number of benzene rings is 3. The number of hydrogen-bond acceptors (Lipinski definition) is 4. The van der Waals surface area contributed by atoms with E-state index in [1.807, 2.05) is 48.5 Å². The normalized spacial score (nSPS) is 14.0. The van der Waals surface area contributed by atoms with Crippen LogP contribution in [0.5, 0.6) is 5.75 Å². The standard InChI is InChI=1S/C26H23Cl2NO2S/c1-3-29(4-2)20-12-10-17(13-25-26(30)21-7-5-6-8-24(21)32-25)23(15-20)31-16-18-9-11-19(27)14-22(18)28/h5-15H,3-4,16H2,1-2H3/b25-13-. The Morgan fingerprint density at radius 2 is 1.78 bits per heavy atom. The van der Waals surface area contributed by atoms with Crippen molar-refractivity contribution in [1.82, 2.24) is 0 Å². The molecule has 0 saturated heterocycles. The lowest BCUT2D eigenvalue weighted by atomic mass is 10.1. The highest BCUT2D eigenvalue weighted by Crippen LogP contribution is 2.42. The Hall–Kier alpha value is -2.40. The maximum absolute atomic E-state index is 12.9. The SMILES string of the molecule is CCN(CC)c1ccc(/C=C2\Sc3ccccc3C2=O)c(OCc2ccc(Cl)cc2Cl)c1. The van der Waals surface area contributed by atoms with Crippen molar-refractivity contribution in [3.05, 3.63) is 92.3 Å². The minimum Gasteiger partial charge on any atom is -0.488 e. The topological polar surface area (TPSA) is 29.5 Å². The van der Waals surface area contributed by atoms with Crippen LogP contribution in [0.1, 0.15) is 35.3 Å². The number of allylic oxidation sites excluding steroid dienone is 1. The van der Waals surface area contributed by atoms with Crippen molar-refractivity contribution in [3.63, 3.8) is 0 Å². The zero-order chi connectivity index (χ0) is 22.7. The third kappa shape index (κ3) is 4.83. The minimum absolute atomic E-state index is 0.0464. The average Bonchev–Trinajstić information content (AvgIpc) is 3.11. The summed E-state index contributed by atoms with van der Waals surface area (Å²) >= 11 is 13.9. The lowest BCUT2D eigenvalue weighted by Crippen LogP contribution is -2.21.